The van der Waals surface area contributed by atoms with Crippen LogP contribution in [0.4, 0.5) is 0 Å². The normalized spacial score (nSPS) is 13.1. The lowest BCUT2D eigenvalue weighted by atomic mass is 10.0. The highest BCUT2D eigenvalue weighted by atomic mass is 16.5. The number of unbranched alkanes of at least 4 members (excludes halogenated alkanes) is 6. The second-order valence-electron chi connectivity index (χ2n) is 11.7. The number of carbonyl (C=O) groups excluding carboxylic acids is 4. The van der Waals surface area contributed by atoms with Crippen molar-refractivity contribution in [2.75, 3.05) is 32.8 Å². The van der Waals surface area contributed by atoms with Gasteiger partial charge in [0.2, 0.25) is 23.6 Å². The Morgan fingerprint density at radius 2 is 1.41 bits per heavy atom. The quantitative estimate of drug-likeness (QED) is 0.0911. The van der Waals surface area contributed by atoms with Crippen molar-refractivity contribution in [3.05, 3.63) is 35.9 Å². The number of hydrogen-bond acceptors (Lipinski definition) is 7. The Hall–Kier alpha value is -3.02. The Morgan fingerprint density at radius 1 is 0.750 bits per heavy atom. The van der Waals surface area contributed by atoms with Gasteiger partial charge >= 0.3 is 0 Å². The average Bonchev–Trinajstić information content (AvgIpc) is 3.00. The third kappa shape index (κ3) is 17.9. The molecule has 0 bridgehead atoms. The van der Waals surface area contributed by atoms with Crippen LogP contribution < -0.4 is 32.7 Å². The first-order valence-electron chi connectivity index (χ1n) is 16.4. The molecule has 0 aliphatic heterocycles. The van der Waals surface area contributed by atoms with Crippen LogP contribution in [0.5, 0.6) is 0 Å². The number of nitrogens with two attached hydrogens (primary N) is 2. The van der Waals surface area contributed by atoms with E-state index in [1.807, 2.05) is 44.2 Å². The zero-order valence-corrected chi connectivity index (χ0v) is 27.2. The minimum Gasteiger partial charge on any atom is -0.379 e. The fourth-order valence-electron chi connectivity index (χ4n) is 4.69. The summed E-state index contributed by atoms with van der Waals surface area (Å²) in [7, 11) is 0. The molecule has 250 valence electrons. The van der Waals surface area contributed by atoms with Gasteiger partial charge in [0, 0.05) is 32.5 Å². The summed E-state index contributed by atoms with van der Waals surface area (Å²) in [5.74, 6) is -1.48. The van der Waals surface area contributed by atoms with Crippen molar-refractivity contribution >= 4 is 23.6 Å². The van der Waals surface area contributed by atoms with Crippen LogP contribution in [0.25, 0.3) is 0 Å². The smallest absolute Gasteiger partial charge is 0.245 e. The van der Waals surface area contributed by atoms with E-state index in [-0.39, 0.29) is 43.7 Å². The predicted octanol–water partition coefficient (Wildman–Crippen LogP) is 2.31. The summed E-state index contributed by atoms with van der Waals surface area (Å²) in [6.07, 6.45) is 8.80. The van der Waals surface area contributed by atoms with E-state index in [4.69, 9.17) is 16.2 Å². The van der Waals surface area contributed by atoms with Crippen LogP contribution in [0.1, 0.15) is 90.5 Å². The minimum atomic E-state index is -0.989. The van der Waals surface area contributed by atoms with Gasteiger partial charge in [-0.2, -0.15) is 0 Å². The molecule has 11 nitrogen and oxygen atoms in total. The molecule has 3 unspecified atom stereocenters. The number of nitrogens with one attached hydrogen (secondary N) is 4. The molecule has 0 radical (unpaired) electrons. The number of hydrogen-bond donors (Lipinski definition) is 6. The van der Waals surface area contributed by atoms with Crippen LogP contribution in [0.3, 0.4) is 0 Å². The molecule has 1 aromatic carbocycles. The van der Waals surface area contributed by atoms with Gasteiger partial charge in [-0.25, -0.2) is 0 Å². The standard InChI is InChI=1S/C33H58N6O5/c1-4-5-6-7-8-14-21-44-24-29(37-30(40)17-12-13-18-34)33(43)39-28(23-26-15-10-9-11-16-26)32(42)38-27(22-25(2)3)31(41)36-20-19-35/h9-11,15-16,25,27-29H,4-8,12-14,17-24,34-35H2,1-3H3,(H,36,41)(H,37,40)(H,38,42)(H,39,43). The Labute approximate surface area is 264 Å². The van der Waals surface area contributed by atoms with Crippen LogP contribution in [0, 0.1) is 5.92 Å². The molecule has 0 spiro atoms. The average molecular weight is 619 g/mol. The summed E-state index contributed by atoms with van der Waals surface area (Å²) in [6, 6.07) is 6.56. The molecular formula is C33H58N6O5. The molecule has 0 aromatic heterocycles. The van der Waals surface area contributed by atoms with E-state index in [1.54, 1.807) is 0 Å². The highest BCUT2D eigenvalue weighted by molar-refractivity contribution is 5.94. The molecule has 1 aromatic rings. The SMILES string of the molecule is CCCCCCCCOCC(NC(=O)CCCCN)C(=O)NC(Cc1ccccc1)C(=O)NC(CC(C)C)C(=O)NCCN. The van der Waals surface area contributed by atoms with Gasteiger partial charge < -0.3 is 37.5 Å². The molecule has 4 amide bonds. The summed E-state index contributed by atoms with van der Waals surface area (Å²) in [5, 5.41) is 11.2. The first-order chi connectivity index (χ1) is 21.2. The number of rotatable bonds is 25. The Morgan fingerprint density at radius 3 is 2.07 bits per heavy atom. The Kier molecular flexibility index (Phi) is 21.6. The molecule has 0 heterocycles. The lowest BCUT2D eigenvalue weighted by Gasteiger charge is -2.26. The van der Waals surface area contributed by atoms with Gasteiger partial charge in [-0.15, -0.1) is 0 Å². The zero-order valence-electron chi connectivity index (χ0n) is 27.2. The molecule has 3 atom stereocenters. The lowest BCUT2D eigenvalue weighted by Crippen LogP contribution is -2.58. The Bertz CT molecular complexity index is 946. The van der Waals surface area contributed by atoms with Crippen molar-refractivity contribution < 1.29 is 23.9 Å². The minimum absolute atomic E-state index is 0.0133. The van der Waals surface area contributed by atoms with Gasteiger partial charge in [0.1, 0.15) is 18.1 Å². The van der Waals surface area contributed by atoms with Gasteiger partial charge in [0.25, 0.3) is 0 Å². The second kappa shape index (κ2) is 24.3. The van der Waals surface area contributed by atoms with E-state index >= 15 is 0 Å². The summed E-state index contributed by atoms with van der Waals surface area (Å²) < 4.78 is 5.83. The first-order valence-corrected chi connectivity index (χ1v) is 16.4. The van der Waals surface area contributed by atoms with E-state index in [9.17, 15) is 19.2 Å². The summed E-state index contributed by atoms with van der Waals surface area (Å²) in [6.45, 7) is 7.62. The predicted molar refractivity (Wildman–Crippen MR) is 175 cm³/mol. The fourth-order valence-corrected chi connectivity index (χ4v) is 4.69. The van der Waals surface area contributed by atoms with Gasteiger partial charge in [-0.3, -0.25) is 19.2 Å². The molecular weight excluding hydrogens is 560 g/mol. The molecule has 11 heteroatoms. The van der Waals surface area contributed by atoms with Crippen molar-refractivity contribution in [2.24, 2.45) is 17.4 Å². The van der Waals surface area contributed by atoms with Crippen molar-refractivity contribution in [2.45, 2.75) is 110 Å². The van der Waals surface area contributed by atoms with Crippen LogP contribution in [0.15, 0.2) is 30.3 Å². The number of benzene rings is 1. The van der Waals surface area contributed by atoms with Crippen LogP contribution in [0.2, 0.25) is 0 Å². The topological polar surface area (TPSA) is 178 Å². The second-order valence-corrected chi connectivity index (χ2v) is 11.7. The molecule has 8 N–H and O–H groups in total. The van der Waals surface area contributed by atoms with Crippen molar-refractivity contribution in [3.8, 4) is 0 Å². The van der Waals surface area contributed by atoms with E-state index in [0.29, 0.717) is 39.0 Å². The largest absolute Gasteiger partial charge is 0.379 e. The number of ether oxygens (including phenoxy) is 1. The Balaban J connectivity index is 3.04. The maximum atomic E-state index is 13.6. The maximum absolute atomic E-state index is 13.6. The molecule has 0 aliphatic rings. The molecule has 0 saturated heterocycles. The molecule has 44 heavy (non-hydrogen) atoms. The summed E-state index contributed by atoms with van der Waals surface area (Å²) in [5.41, 5.74) is 11.9. The maximum Gasteiger partial charge on any atom is 0.245 e. The number of carbonyl (C=O) groups is 4. The van der Waals surface area contributed by atoms with Crippen LogP contribution in [-0.4, -0.2) is 74.6 Å². The van der Waals surface area contributed by atoms with Gasteiger partial charge in [0.15, 0.2) is 0 Å². The number of amides is 4. The van der Waals surface area contributed by atoms with Gasteiger partial charge in [0.05, 0.1) is 6.61 Å². The zero-order chi connectivity index (χ0) is 32.6. The third-order valence-electron chi connectivity index (χ3n) is 7.14. The lowest BCUT2D eigenvalue weighted by molar-refractivity contribution is -0.134. The monoisotopic (exact) mass is 618 g/mol. The molecule has 0 fully saturated rings. The van der Waals surface area contributed by atoms with Gasteiger partial charge in [-0.05, 0) is 43.7 Å². The molecule has 0 aliphatic carbocycles. The van der Waals surface area contributed by atoms with E-state index in [1.165, 1.54) is 19.3 Å². The molecule has 1 rings (SSSR count). The van der Waals surface area contributed by atoms with Gasteiger partial charge in [-0.1, -0.05) is 83.2 Å². The first kappa shape index (κ1) is 39.0. The molecule has 0 saturated carbocycles. The van der Waals surface area contributed by atoms with E-state index in [2.05, 4.69) is 28.2 Å². The van der Waals surface area contributed by atoms with E-state index < -0.39 is 29.9 Å². The fraction of sp³-hybridized carbons (Fsp3) is 0.697. The van der Waals surface area contributed by atoms with E-state index in [0.717, 1.165) is 24.8 Å². The summed E-state index contributed by atoms with van der Waals surface area (Å²) in [4.78, 5) is 52.7. The highest BCUT2D eigenvalue weighted by Crippen LogP contribution is 2.09. The van der Waals surface area contributed by atoms with Crippen LogP contribution >= 0.6 is 0 Å². The van der Waals surface area contributed by atoms with Crippen molar-refractivity contribution in [1.82, 2.24) is 21.3 Å². The van der Waals surface area contributed by atoms with Crippen LogP contribution in [-0.2, 0) is 30.3 Å². The summed E-state index contributed by atoms with van der Waals surface area (Å²) >= 11 is 0. The third-order valence-corrected chi connectivity index (χ3v) is 7.14. The van der Waals surface area contributed by atoms with Crippen molar-refractivity contribution in [3.63, 3.8) is 0 Å². The van der Waals surface area contributed by atoms with Crippen molar-refractivity contribution in [1.29, 1.82) is 0 Å². The highest BCUT2D eigenvalue weighted by Gasteiger charge is 2.30.